The monoisotopic (exact) mass is 273 g/mol. The Morgan fingerprint density at radius 3 is 2.70 bits per heavy atom. The van der Waals surface area contributed by atoms with Gasteiger partial charge < -0.3 is 10.5 Å². The van der Waals surface area contributed by atoms with E-state index in [1.54, 1.807) is 13.0 Å². The molecule has 5 heteroatoms. The summed E-state index contributed by atoms with van der Waals surface area (Å²) in [5.74, 6) is 2.05. The summed E-state index contributed by atoms with van der Waals surface area (Å²) < 4.78 is 19.1. The minimum absolute atomic E-state index is 0.340. The predicted molar refractivity (Wildman–Crippen MR) is 74.4 cm³/mol. The Bertz CT molecular complexity index is 668. The first kappa shape index (κ1) is 12.8. The molecule has 0 bridgehead atoms. The molecule has 1 heterocycles. The molecular formula is C15H16FN3O. The van der Waals surface area contributed by atoms with Crippen LogP contribution in [-0.2, 0) is 0 Å². The van der Waals surface area contributed by atoms with Crippen LogP contribution in [-0.4, -0.2) is 9.97 Å². The van der Waals surface area contributed by atoms with E-state index in [0.29, 0.717) is 28.9 Å². The molecule has 2 N–H and O–H groups in total. The summed E-state index contributed by atoms with van der Waals surface area (Å²) in [6, 6.07) is 4.43. The Kier molecular flexibility index (Phi) is 3.04. The summed E-state index contributed by atoms with van der Waals surface area (Å²) in [6.45, 7) is 3.66. The number of benzene rings is 1. The lowest BCUT2D eigenvalue weighted by Gasteiger charge is -2.12. The normalized spacial score (nSPS) is 14.3. The average Bonchev–Trinajstić information content (AvgIpc) is 3.23. The van der Waals surface area contributed by atoms with Gasteiger partial charge in [-0.2, -0.15) is 4.98 Å². The van der Waals surface area contributed by atoms with Crippen molar-refractivity contribution in [2.75, 3.05) is 5.73 Å². The van der Waals surface area contributed by atoms with Crippen LogP contribution in [0, 0.1) is 19.7 Å². The highest BCUT2D eigenvalue weighted by Gasteiger charge is 2.28. The summed E-state index contributed by atoms with van der Waals surface area (Å²) in [6.07, 6.45) is 2.17. The van der Waals surface area contributed by atoms with Crippen LogP contribution in [0.4, 0.5) is 10.2 Å². The lowest BCUT2D eigenvalue weighted by Crippen LogP contribution is -2.04. The number of aryl methyl sites for hydroxylation is 1. The van der Waals surface area contributed by atoms with E-state index in [4.69, 9.17) is 10.5 Å². The van der Waals surface area contributed by atoms with Crippen LogP contribution in [0.25, 0.3) is 0 Å². The molecule has 1 aromatic heterocycles. The maximum Gasteiger partial charge on any atom is 0.227 e. The Morgan fingerprint density at radius 1 is 1.25 bits per heavy atom. The fourth-order valence-corrected chi connectivity index (χ4v) is 1.94. The molecule has 2 aromatic rings. The highest BCUT2D eigenvalue weighted by atomic mass is 19.1. The number of hydrogen-bond acceptors (Lipinski definition) is 4. The molecule has 1 aromatic carbocycles. The van der Waals surface area contributed by atoms with Crippen LogP contribution in [0.3, 0.4) is 0 Å². The summed E-state index contributed by atoms with van der Waals surface area (Å²) in [7, 11) is 0. The van der Waals surface area contributed by atoms with Gasteiger partial charge in [-0.1, -0.05) is 6.07 Å². The van der Waals surface area contributed by atoms with E-state index in [9.17, 15) is 4.39 Å². The zero-order valence-corrected chi connectivity index (χ0v) is 11.5. The van der Waals surface area contributed by atoms with Gasteiger partial charge >= 0.3 is 0 Å². The predicted octanol–water partition coefficient (Wildman–Crippen LogP) is 3.48. The third-order valence-electron chi connectivity index (χ3n) is 3.46. The molecule has 3 rings (SSSR count). The lowest BCUT2D eigenvalue weighted by molar-refractivity contribution is 0.447. The Balaban J connectivity index is 1.99. The van der Waals surface area contributed by atoms with Crippen molar-refractivity contribution in [3.8, 4) is 11.6 Å². The van der Waals surface area contributed by atoms with Crippen molar-refractivity contribution in [3.63, 3.8) is 0 Å². The molecule has 0 spiro atoms. The molecule has 0 saturated heterocycles. The molecule has 0 unspecified atom stereocenters. The first-order chi connectivity index (χ1) is 9.54. The first-order valence-corrected chi connectivity index (χ1v) is 6.62. The van der Waals surface area contributed by atoms with E-state index in [-0.39, 0.29) is 5.82 Å². The van der Waals surface area contributed by atoms with Crippen LogP contribution >= 0.6 is 0 Å². The van der Waals surface area contributed by atoms with Crippen molar-refractivity contribution in [1.29, 1.82) is 0 Å². The highest BCUT2D eigenvalue weighted by molar-refractivity contribution is 5.47. The van der Waals surface area contributed by atoms with Crippen LogP contribution < -0.4 is 10.5 Å². The zero-order valence-electron chi connectivity index (χ0n) is 11.5. The van der Waals surface area contributed by atoms with E-state index in [1.165, 1.54) is 12.1 Å². The molecule has 1 saturated carbocycles. The Labute approximate surface area is 116 Å². The van der Waals surface area contributed by atoms with Gasteiger partial charge in [0, 0.05) is 12.0 Å². The molecule has 1 aliphatic carbocycles. The third kappa shape index (κ3) is 2.43. The van der Waals surface area contributed by atoms with Crippen LogP contribution in [0.1, 0.15) is 35.7 Å². The number of anilines is 1. The van der Waals surface area contributed by atoms with Crippen molar-refractivity contribution in [1.82, 2.24) is 9.97 Å². The molecule has 0 amide bonds. The molecule has 0 radical (unpaired) electrons. The number of ether oxygens (including phenoxy) is 1. The Hall–Kier alpha value is -2.17. The number of halogens is 1. The second kappa shape index (κ2) is 4.74. The standard InChI is InChI=1S/C15H16FN3O/c1-8-3-6-11(16)7-12(8)20-15-9(2)13(17)18-14(19-15)10-4-5-10/h3,6-7,10H,4-5H2,1-2H3,(H2,17,18,19). The number of nitrogens with zero attached hydrogens (tertiary/aromatic N) is 2. The van der Waals surface area contributed by atoms with Crippen molar-refractivity contribution in [2.45, 2.75) is 32.6 Å². The number of rotatable bonds is 3. The molecule has 1 fully saturated rings. The third-order valence-corrected chi connectivity index (χ3v) is 3.46. The second-order valence-corrected chi connectivity index (χ2v) is 5.18. The molecule has 4 nitrogen and oxygen atoms in total. The summed E-state index contributed by atoms with van der Waals surface area (Å²) >= 11 is 0. The maximum absolute atomic E-state index is 13.3. The summed E-state index contributed by atoms with van der Waals surface area (Å²) in [5, 5.41) is 0. The molecule has 1 aliphatic rings. The van der Waals surface area contributed by atoms with Gasteiger partial charge in [-0.05, 0) is 38.3 Å². The van der Waals surface area contributed by atoms with E-state index >= 15 is 0 Å². The number of aromatic nitrogens is 2. The van der Waals surface area contributed by atoms with Gasteiger partial charge in [0.2, 0.25) is 5.88 Å². The molecule has 20 heavy (non-hydrogen) atoms. The minimum atomic E-state index is -0.340. The van der Waals surface area contributed by atoms with Gasteiger partial charge in [-0.3, -0.25) is 0 Å². The number of nitrogens with two attached hydrogens (primary N) is 1. The van der Waals surface area contributed by atoms with Gasteiger partial charge in [0.25, 0.3) is 0 Å². The molecule has 0 aliphatic heterocycles. The van der Waals surface area contributed by atoms with E-state index in [0.717, 1.165) is 24.2 Å². The maximum atomic E-state index is 13.3. The minimum Gasteiger partial charge on any atom is -0.438 e. The Morgan fingerprint density at radius 2 is 2.00 bits per heavy atom. The second-order valence-electron chi connectivity index (χ2n) is 5.18. The first-order valence-electron chi connectivity index (χ1n) is 6.62. The quantitative estimate of drug-likeness (QED) is 0.930. The molecule has 104 valence electrons. The fraction of sp³-hybridized carbons (Fsp3) is 0.333. The average molecular weight is 273 g/mol. The SMILES string of the molecule is Cc1ccc(F)cc1Oc1nc(C2CC2)nc(N)c1C. The highest BCUT2D eigenvalue weighted by Crippen LogP contribution is 2.40. The molecule has 0 atom stereocenters. The summed E-state index contributed by atoms with van der Waals surface area (Å²) in [4.78, 5) is 8.71. The van der Waals surface area contributed by atoms with E-state index < -0.39 is 0 Å². The largest absolute Gasteiger partial charge is 0.438 e. The van der Waals surface area contributed by atoms with Crippen LogP contribution in [0.2, 0.25) is 0 Å². The van der Waals surface area contributed by atoms with Gasteiger partial charge in [-0.15, -0.1) is 0 Å². The van der Waals surface area contributed by atoms with Crippen molar-refractivity contribution >= 4 is 5.82 Å². The van der Waals surface area contributed by atoms with Crippen molar-refractivity contribution in [3.05, 3.63) is 41.0 Å². The summed E-state index contributed by atoms with van der Waals surface area (Å²) in [5.41, 5.74) is 7.43. The topological polar surface area (TPSA) is 61.0 Å². The van der Waals surface area contributed by atoms with Crippen molar-refractivity contribution < 1.29 is 9.13 Å². The lowest BCUT2D eigenvalue weighted by atomic mass is 10.2. The van der Waals surface area contributed by atoms with Crippen molar-refractivity contribution in [2.24, 2.45) is 0 Å². The van der Waals surface area contributed by atoms with E-state index in [1.807, 2.05) is 6.92 Å². The zero-order chi connectivity index (χ0) is 14.3. The number of nitrogen functional groups attached to an aromatic ring is 1. The van der Waals surface area contributed by atoms with Gasteiger partial charge in [0.1, 0.15) is 23.2 Å². The van der Waals surface area contributed by atoms with Gasteiger partial charge in [-0.25, -0.2) is 9.37 Å². The van der Waals surface area contributed by atoms with Gasteiger partial charge in [0.15, 0.2) is 0 Å². The molecular weight excluding hydrogens is 257 g/mol. The van der Waals surface area contributed by atoms with Crippen LogP contribution in [0.5, 0.6) is 11.6 Å². The van der Waals surface area contributed by atoms with E-state index in [2.05, 4.69) is 9.97 Å². The smallest absolute Gasteiger partial charge is 0.227 e. The number of hydrogen-bond donors (Lipinski definition) is 1. The van der Waals surface area contributed by atoms with Gasteiger partial charge in [0.05, 0.1) is 5.56 Å². The fourth-order valence-electron chi connectivity index (χ4n) is 1.94. The van der Waals surface area contributed by atoms with Crippen LogP contribution in [0.15, 0.2) is 18.2 Å².